The maximum absolute atomic E-state index is 13.1. The number of aryl methyl sites for hydroxylation is 1. The smallest absolute Gasteiger partial charge is 0.320 e. The molecule has 0 heterocycles. The second-order valence-electron chi connectivity index (χ2n) is 4.38. The van der Waals surface area contributed by atoms with Crippen LogP contribution < -0.4 is 0 Å². The Bertz CT molecular complexity index is 407. The van der Waals surface area contributed by atoms with Crippen molar-refractivity contribution < 1.29 is 13.9 Å². The summed E-state index contributed by atoms with van der Waals surface area (Å²) in [5, 5.41) is 0. The number of esters is 1. The number of nitrogens with zero attached hydrogens (tertiary/aromatic N) is 1. The molecule has 0 saturated heterocycles. The third-order valence-corrected chi connectivity index (χ3v) is 2.71. The number of carbonyl (C=O) groups excluding carboxylic acids is 1. The lowest BCUT2D eigenvalue weighted by Gasteiger charge is -2.15. The predicted molar refractivity (Wildman–Crippen MR) is 69.0 cm³/mol. The molecule has 0 bridgehead atoms. The molecule has 0 N–H and O–H groups in total. The monoisotopic (exact) mass is 253 g/mol. The Balaban J connectivity index is 2.40. The van der Waals surface area contributed by atoms with Gasteiger partial charge in [0.15, 0.2) is 0 Å². The zero-order valence-corrected chi connectivity index (χ0v) is 11.2. The molecule has 0 fully saturated rings. The highest BCUT2D eigenvalue weighted by molar-refractivity contribution is 5.71. The highest BCUT2D eigenvalue weighted by atomic mass is 19.1. The Labute approximate surface area is 108 Å². The van der Waals surface area contributed by atoms with E-state index >= 15 is 0 Å². The molecule has 0 radical (unpaired) electrons. The first-order valence-electron chi connectivity index (χ1n) is 6.12. The summed E-state index contributed by atoms with van der Waals surface area (Å²) < 4.78 is 18.0. The molecule has 0 unspecified atom stereocenters. The quantitative estimate of drug-likeness (QED) is 0.728. The van der Waals surface area contributed by atoms with Gasteiger partial charge in [0.2, 0.25) is 0 Å². The van der Waals surface area contributed by atoms with E-state index in [9.17, 15) is 9.18 Å². The van der Waals surface area contributed by atoms with E-state index in [1.165, 1.54) is 6.07 Å². The number of likely N-dealkylation sites (N-methyl/N-ethyl adjacent to an activating group) is 1. The molecule has 18 heavy (non-hydrogen) atoms. The van der Waals surface area contributed by atoms with Gasteiger partial charge in [0.1, 0.15) is 5.82 Å². The van der Waals surface area contributed by atoms with Crippen LogP contribution in [0.3, 0.4) is 0 Å². The number of hydrogen-bond donors (Lipinski definition) is 0. The largest absolute Gasteiger partial charge is 0.465 e. The van der Waals surface area contributed by atoms with Crippen molar-refractivity contribution in [2.45, 2.75) is 20.3 Å². The van der Waals surface area contributed by atoms with Crippen LogP contribution in [-0.4, -0.2) is 37.6 Å². The van der Waals surface area contributed by atoms with E-state index < -0.39 is 0 Å². The summed E-state index contributed by atoms with van der Waals surface area (Å²) >= 11 is 0. The fourth-order valence-electron chi connectivity index (χ4n) is 1.69. The van der Waals surface area contributed by atoms with E-state index in [-0.39, 0.29) is 18.3 Å². The highest BCUT2D eigenvalue weighted by Crippen LogP contribution is 2.10. The minimum atomic E-state index is -0.213. The summed E-state index contributed by atoms with van der Waals surface area (Å²) in [6.07, 6.45) is 0.789. The van der Waals surface area contributed by atoms with Crippen LogP contribution in [-0.2, 0) is 16.0 Å². The SMILES string of the molecule is CCOC(=O)CN(C)CCc1ccc(F)c(C)c1. The second-order valence-corrected chi connectivity index (χ2v) is 4.38. The average molecular weight is 253 g/mol. The van der Waals surface area contributed by atoms with Crippen molar-refractivity contribution in [1.29, 1.82) is 0 Å². The van der Waals surface area contributed by atoms with Crippen molar-refractivity contribution >= 4 is 5.97 Å². The first kappa shape index (κ1) is 14.6. The Morgan fingerprint density at radius 3 is 2.78 bits per heavy atom. The van der Waals surface area contributed by atoms with Gasteiger partial charge in [-0.1, -0.05) is 12.1 Å². The maximum atomic E-state index is 13.1. The Kier molecular flexibility index (Phi) is 5.78. The fraction of sp³-hybridized carbons (Fsp3) is 0.500. The van der Waals surface area contributed by atoms with Gasteiger partial charge in [-0.2, -0.15) is 0 Å². The number of halogens is 1. The minimum Gasteiger partial charge on any atom is -0.465 e. The first-order valence-corrected chi connectivity index (χ1v) is 6.12. The average Bonchev–Trinajstić information content (AvgIpc) is 2.31. The van der Waals surface area contributed by atoms with Crippen LogP contribution in [0, 0.1) is 12.7 Å². The van der Waals surface area contributed by atoms with Crippen molar-refractivity contribution in [3.8, 4) is 0 Å². The zero-order chi connectivity index (χ0) is 13.5. The normalized spacial score (nSPS) is 10.7. The molecule has 0 aliphatic rings. The summed E-state index contributed by atoms with van der Waals surface area (Å²) in [5.74, 6) is -0.395. The maximum Gasteiger partial charge on any atom is 0.320 e. The van der Waals surface area contributed by atoms with E-state index in [0.29, 0.717) is 12.2 Å². The van der Waals surface area contributed by atoms with Gasteiger partial charge < -0.3 is 4.74 Å². The van der Waals surface area contributed by atoms with Gasteiger partial charge in [-0.3, -0.25) is 9.69 Å². The summed E-state index contributed by atoms with van der Waals surface area (Å²) in [4.78, 5) is 13.1. The van der Waals surface area contributed by atoms with Crippen LogP contribution in [0.1, 0.15) is 18.1 Å². The standard InChI is InChI=1S/C14H20FNO2/c1-4-18-14(17)10-16(3)8-7-12-5-6-13(15)11(2)9-12/h5-6,9H,4,7-8,10H2,1-3H3. The van der Waals surface area contributed by atoms with E-state index in [1.807, 2.05) is 18.0 Å². The zero-order valence-electron chi connectivity index (χ0n) is 11.2. The molecule has 0 saturated carbocycles. The molecular weight excluding hydrogens is 233 g/mol. The van der Waals surface area contributed by atoms with E-state index in [4.69, 9.17) is 4.74 Å². The van der Waals surface area contributed by atoms with Crippen LogP contribution >= 0.6 is 0 Å². The highest BCUT2D eigenvalue weighted by Gasteiger charge is 2.07. The lowest BCUT2D eigenvalue weighted by atomic mass is 10.1. The van der Waals surface area contributed by atoms with Crippen LogP contribution in [0.25, 0.3) is 0 Å². The number of rotatable bonds is 6. The summed E-state index contributed by atoms with van der Waals surface area (Å²) in [6.45, 7) is 4.97. The molecule has 0 aliphatic heterocycles. The molecule has 0 spiro atoms. The Morgan fingerprint density at radius 2 is 2.17 bits per heavy atom. The third-order valence-electron chi connectivity index (χ3n) is 2.71. The molecule has 1 aromatic carbocycles. The predicted octanol–water partition coefficient (Wildman–Crippen LogP) is 2.17. The third kappa shape index (κ3) is 4.84. The van der Waals surface area contributed by atoms with Crippen molar-refractivity contribution in [2.24, 2.45) is 0 Å². The second kappa shape index (κ2) is 7.11. The van der Waals surface area contributed by atoms with Gasteiger partial charge >= 0.3 is 5.97 Å². The van der Waals surface area contributed by atoms with Crippen molar-refractivity contribution in [2.75, 3.05) is 26.7 Å². The number of hydrogen-bond acceptors (Lipinski definition) is 3. The van der Waals surface area contributed by atoms with E-state index in [2.05, 4.69) is 0 Å². The van der Waals surface area contributed by atoms with Crippen LogP contribution in [0.5, 0.6) is 0 Å². The Hall–Kier alpha value is -1.42. The number of ether oxygens (including phenoxy) is 1. The summed E-state index contributed by atoms with van der Waals surface area (Å²) in [5.41, 5.74) is 1.73. The van der Waals surface area contributed by atoms with Gasteiger partial charge in [0.25, 0.3) is 0 Å². The van der Waals surface area contributed by atoms with Crippen molar-refractivity contribution in [1.82, 2.24) is 4.90 Å². The van der Waals surface area contributed by atoms with Crippen LogP contribution in [0.15, 0.2) is 18.2 Å². The Morgan fingerprint density at radius 1 is 1.44 bits per heavy atom. The molecule has 0 aliphatic carbocycles. The topological polar surface area (TPSA) is 29.5 Å². The molecule has 4 heteroatoms. The summed E-state index contributed by atoms with van der Waals surface area (Å²) in [6, 6.07) is 5.10. The fourth-order valence-corrected chi connectivity index (χ4v) is 1.69. The van der Waals surface area contributed by atoms with E-state index in [0.717, 1.165) is 18.5 Å². The van der Waals surface area contributed by atoms with E-state index in [1.54, 1.807) is 19.9 Å². The van der Waals surface area contributed by atoms with Crippen LogP contribution in [0.4, 0.5) is 4.39 Å². The van der Waals surface area contributed by atoms with Crippen molar-refractivity contribution in [3.05, 3.63) is 35.1 Å². The van der Waals surface area contributed by atoms with Crippen LogP contribution in [0.2, 0.25) is 0 Å². The molecule has 1 rings (SSSR count). The summed E-state index contributed by atoms with van der Waals surface area (Å²) in [7, 11) is 1.87. The first-order chi connectivity index (χ1) is 8.52. The molecule has 0 atom stereocenters. The molecule has 1 aromatic rings. The lowest BCUT2D eigenvalue weighted by Crippen LogP contribution is -2.29. The number of benzene rings is 1. The molecule has 100 valence electrons. The van der Waals surface area contributed by atoms with Gasteiger partial charge in [0, 0.05) is 6.54 Å². The minimum absolute atomic E-state index is 0.182. The number of carbonyl (C=O) groups is 1. The van der Waals surface area contributed by atoms with Gasteiger partial charge in [0.05, 0.1) is 13.2 Å². The van der Waals surface area contributed by atoms with Gasteiger partial charge in [-0.05, 0) is 44.5 Å². The molecule has 3 nitrogen and oxygen atoms in total. The van der Waals surface area contributed by atoms with Gasteiger partial charge in [-0.15, -0.1) is 0 Å². The van der Waals surface area contributed by atoms with Gasteiger partial charge in [-0.25, -0.2) is 4.39 Å². The van der Waals surface area contributed by atoms with Crippen molar-refractivity contribution in [3.63, 3.8) is 0 Å². The molecule has 0 aromatic heterocycles. The molecule has 0 amide bonds. The lowest BCUT2D eigenvalue weighted by molar-refractivity contribution is -0.144. The molecular formula is C14H20FNO2.